The van der Waals surface area contributed by atoms with E-state index in [4.69, 9.17) is 23.2 Å². The van der Waals surface area contributed by atoms with Crippen molar-refractivity contribution in [3.05, 3.63) is 74.7 Å². The summed E-state index contributed by atoms with van der Waals surface area (Å²) in [6.07, 6.45) is 1.30. The highest BCUT2D eigenvalue weighted by molar-refractivity contribution is 7.93. The maximum atomic E-state index is 13.2. The van der Waals surface area contributed by atoms with Gasteiger partial charge in [0.2, 0.25) is 0 Å². The van der Waals surface area contributed by atoms with Gasteiger partial charge in [0, 0.05) is 12.1 Å². The van der Waals surface area contributed by atoms with Gasteiger partial charge in [-0.05, 0) is 35.9 Å². The summed E-state index contributed by atoms with van der Waals surface area (Å²) in [4.78, 5) is 15.8. The van der Waals surface area contributed by atoms with E-state index < -0.39 is 27.6 Å². The van der Waals surface area contributed by atoms with Gasteiger partial charge in [-0.15, -0.1) is 0 Å². The molecule has 12 heteroatoms. The zero-order valence-electron chi connectivity index (χ0n) is 14.2. The Kier molecular flexibility index (Phi) is 6.37. The second kappa shape index (κ2) is 8.62. The van der Waals surface area contributed by atoms with Crippen LogP contribution in [0.3, 0.4) is 0 Å². The average molecular weight is 478 g/mol. The third-order valence-electron chi connectivity index (χ3n) is 3.62. The van der Waals surface area contributed by atoms with Crippen LogP contribution in [0.4, 0.5) is 13.9 Å². The molecule has 1 amide bonds. The molecule has 6 nitrogen and oxygen atoms in total. The molecule has 0 saturated heterocycles. The Bertz CT molecular complexity index is 1190. The Morgan fingerprint density at radius 3 is 2.48 bits per heavy atom. The van der Waals surface area contributed by atoms with Gasteiger partial charge in [-0.3, -0.25) is 9.52 Å². The number of carbonyl (C=O) groups excluding carboxylic acids is 1. The number of nitrogens with one attached hydrogen (secondary N) is 2. The fraction of sp³-hybridized carbons (Fsp3) is 0.0588. The normalized spacial score (nSPS) is 11.3. The first-order valence-electron chi connectivity index (χ1n) is 7.81. The van der Waals surface area contributed by atoms with E-state index in [2.05, 4.69) is 15.0 Å². The molecule has 0 aliphatic heterocycles. The second-order valence-electron chi connectivity index (χ2n) is 5.65. The number of carbonyl (C=O) groups is 1. The van der Waals surface area contributed by atoms with Gasteiger partial charge in [-0.25, -0.2) is 22.2 Å². The molecular formula is C17H11Cl2F2N3O3S2. The third kappa shape index (κ3) is 5.21. The van der Waals surface area contributed by atoms with Crippen LogP contribution in [0.25, 0.3) is 0 Å². The van der Waals surface area contributed by atoms with Gasteiger partial charge in [-0.2, -0.15) is 0 Å². The number of nitrogens with zero attached hydrogens (tertiary/aromatic N) is 1. The van der Waals surface area contributed by atoms with Crippen LogP contribution in [0.5, 0.6) is 0 Å². The SMILES string of the molecule is O=C(NCc1ccc(F)c(F)c1)c1ccc(S(=O)(=O)Nc2ncc(Cl)s2)c(Cl)c1. The van der Waals surface area contributed by atoms with Gasteiger partial charge in [0.25, 0.3) is 15.9 Å². The molecule has 3 rings (SSSR count). The molecule has 0 unspecified atom stereocenters. The van der Waals surface area contributed by atoms with Crippen molar-refractivity contribution < 1.29 is 22.0 Å². The first-order valence-corrected chi connectivity index (χ1v) is 10.9. The Hall–Kier alpha value is -2.27. The highest BCUT2D eigenvalue weighted by atomic mass is 35.5. The lowest BCUT2D eigenvalue weighted by molar-refractivity contribution is 0.0950. The van der Waals surface area contributed by atoms with Gasteiger partial charge in [0.1, 0.15) is 9.23 Å². The van der Waals surface area contributed by atoms with E-state index in [0.29, 0.717) is 9.90 Å². The molecule has 0 radical (unpaired) electrons. The van der Waals surface area contributed by atoms with E-state index in [1.165, 1.54) is 30.5 Å². The Morgan fingerprint density at radius 1 is 1.10 bits per heavy atom. The summed E-state index contributed by atoms with van der Waals surface area (Å²) in [6, 6.07) is 6.89. The molecular weight excluding hydrogens is 467 g/mol. The summed E-state index contributed by atoms with van der Waals surface area (Å²) in [5.74, 6) is -2.58. The molecule has 152 valence electrons. The maximum Gasteiger partial charge on any atom is 0.265 e. The van der Waals surface area contributed by atoms with E-state index in [1.807, 2.05) is 0 Å². The predicted molar refractivity (Wildman–Crippen MR) is 107 cm³/mol. The van der Waals surface area contributed by atoms with Gasteiger partial charge in [0.15, 0.2) is 16.8 Å². The van der Waals surface area contributed by atoms with E-state index >= 15 is 0 Å². The number of sulfonamides is 1. The standard InChI is InChI=1S/C17H11Cl2F2N3O3S2/c18-11-6-10(16(25)22-7-9-1-3-12(20)13(21)5-9)2-4-14(11)29(26,27)24-17-23-8-15(19)28-17/h1-6,8H,7H2,(H,22,25)(H,23,24). The number of thiazole rings is 1. The minimum absolute atomic E-state index is 0.0555. The van der Waals surface area contributed by atoms with Gasteiger partial charge >= 0.3 is 0 Å². The van der Waals surface area contributed by atoms with E-state index in [0.717, 1.165) is 23.5 Å². The van der Waals surface area contributed by atoms with Gasteiger partial charge < -0.3 is 5.32 Å². The van der Waals surface area contributed by atoms with Crippen LogP contribution in [0.2, 0.25) is 9.36 Å². The van der Waals surface area contributed by atoms with Crippen molar-refractivity contribution in [2.24, 2.45) is 0 Å². The maximum absolute atomic E-state index is 13.2. The lowest BCUT2D eigenvalue weighted by Crippen LogP contribution is -2.23. The molecule has 3 aromatic rings. The molecule has 0 aliphatic rings. The number of anilines is 1. The Labute approximate surface area is 178 Å². The number of amides is 1. The van der Waals surface area contributed by atoms with E-state index in [9.17, 15) is 22.0 Å². The third-order valence-corrected chi connectivity index (χ3v) is 6.60. The lowest BCUT2D eigenvalue weighted by atomic mass is 10.2. The quantitative estimate of drug-likeness (QED) is 0.548. The van der Waals surface area contributed by atoms with Crippen LogP contribution in [0.1, 0.15) is 15.9 Å². The molecule has 0 aliphatic carbocycles. The number of hydrogen-bond acceptors (Lipinski definition) is 5. The van der Waals surface area contributed by atoms with Crippen LogP contribution < -0.4 is 10.0 Å². The average Bonchev–Trinajstić information content (AvgIpc) is 3.06. The predicted octanol–water partition coefficient (Wildman–Crippen LogP) is 4.46. The molecule has 1 heterocycles. The molecule has 0 fully saturated rings. The topological polar surface area (TPSA) is 88.2 Å². The lowest BCUT2D eigenvalue weighted by Gasteiger charge is -2.10. The van der Waals surface area contributed by atoms with Crippen molar-refractivity contribution in [3.63, 3.8) is 0 Å². The van der Waals surface area contributed by atoms with Gasteiger partial charge in [0.05, 0.1) is 11.2 Å². The fourth-order valence-electron chi connectivity index (χ4n) is 2.27. The first-order chi connectivity index (χ1) is 13.7. The van der Waals surface area contributed by atoms with E-state index in [-0.39, 0.29) is 27.2 Å². The monoisotopic (exact) mass is 477 g/mol. The molecule has 0 bridgehead atoms. The molecule has 0 spiro atoms. The highest BCUT2D eigenvalue weighted by Crippen LogP contribution is 2.28. The number of hydrogen-bond donors (Lipinski definition) is 2. The summed E-state index contributed by atoms with van der Waals surface area (Å²) in [5.41, 5.74) is 0.447. The Morgan fingerprint density at radius 2 is 1.86 bits per heavy atom. The van der Waals surface area contributed by atoms with Crippen LogP contribution in [0.15, 0.2) is 47.5 Å². The number of aromatic nitrogens is 1. The van der Waals surface area contributed by atoms with Crippen LogP contribution >= 0.6 is 34.5 Å². The van der Waals surface area contributed by atoms with Gasteiger partial charge in [-0.1, -0.05) is 40.6 Å². The zero-order chi connectivity index (χ0) is 21.2. The highest BCUT2D eigenvalue weighted by Gasteiger charge is 2.21. The molecule has 2 aromatic carbocycles. The Balaban J connectivity index is 1.72. The van der Waals surface area contributed by atoms with Crippen LogP contribution in [0, 0.1) is 11.6 Å². The van der Waals surface area contributed by atoms with Crippen LogP contribution in [-0.4, -0.2) is 19.3 Å². The smallest absolute Gasteiger partial charge is 0.265 e. The van der Waals surface area contributed by atoms with Crippen molar-refractivity contribution in [3.8, 4) is 0 Å². The van der Waals surface area contributed by atoms with Crippen molar-refractivity contribution in [1.29, 1.82) is 0 Å². The molecule has 29 heavy (non-hydrogen) atoms. The molecule has 0 saturated carbocycles. The summed E-state index contributed by atoms with van der Waals surface area (Å²) < 4.78 is 53.6. The zero-order valence-corrected chi connectivity index (χ0v) is 17.4. The van der Waals surface area contributed by atoms with Crippen LogP contribution in [-0.2, 0) is 16.6 Å². The van der Waals surface area contributed by atoms with Crippen molar-refractivity contribution in [1.82, 2.24) is 10.3 Å². The second-order valence-corrected chi connectivity index (χ2v) is 9.37. The number of benzene rings is 2. The summed E-state index contributed by atoms with van der Waals surface area (Å²) >= 11 is 12.7. The largest absolute Gasteiger partial charge is 0.348 e. The minimum atomic E-state index is -4.04. The van der Waals surface area contributed by atoms with Crippen molar-refractivity contribution in [2.75, 3.05) is 4.72 Å². The first kappa shape index (κ1) is 21.4. The minimum Gasteiger partial charge on any atom is -0.348 e. The summed E-state index contributed by atoms with van der Waals surface area (Å²) in [7, 11) is -4.04. The molecule has 1 aromatic heterocycles. The summed E-state index contributed by atoms with van der Waals surface area (Å²) in [5, 5.41) is 2.40. The fourth-order valence-corrected chi connectivity index (χ4v) is 4.87. The van der Waals surface area contributed by atoms with Crippen molar-refractivity contribution >= 4 is 55.6 Å². The number of rotatable bonds is 6. The van der Waals surface area contributed by atoms with E-state index in [1.54, 1.807) is 0 Å². The summed E-state index contributed by atoms with van der Waals surface area (Å²) in [6.45, 7) is -0.0555. The number of halogens is 4. The molecule has 2 N–H and O–H groups in total. The molecule has 0 atom stereocenters. The van der Waals surface area contributed by atoms with Crippen molar-refractivity contribution in [2.45, 2.75) is 11.4 Å².